The van der Waals surface area contributed by atoms with Crippen LogP contribution in [-0.2, 0) is 9.47 Å². The van der Waals surface area contributed by atoms with Crippen LogP contribution in [0.5, 0.6) is 0 Å². The topological polar surface area (TPSA) is 48.0 Å². The van der Waals surface area contributed by atoms with Crippen LogP contribution in [0.2, 0.25) is 0 Å². The van der Waals surface area contributed by atoms with Crippen molar-refractivity contribution in [3.63, 3.8) is 0 Å². The SMILES string of the molecule is Cc1ccc(F)c2cc([NH2+]C3CCC4(CC3)OCCO4)ncc12. The van der Waals surface area contributed by atoms with Gasteiger partial charge in [-0.15, -0.1) is 0 Å². The summed E-state index contributed by atoms with van der Waals surface area (Å²) in [4.78, 5) is 4.51. The first kappa shape index (κ1) is 15.0. The van der Waals surface area contributed by atoms with E-state index in [-0.39, 0.29) is 11.6 Å². The third-order valence-corrected chi connectivity index (χ3v) is 5.10. The number of hydrogen-bond donors (Lipinski definition) is 1. The third-order valence-electron chi connectivity index (χ3n) is 5.10. The number of benzene rings is 1. The van der Waals surface area contributed by atoms with Gasteiger partial charge >= 0.3 is 0 Å². The number of aromatic nitrogens is 1. The molecular weight excluding hydrogens is 295 g/mol. The van der Waals surface area contributed by atoms with Crippen molar-refractivity contribution in [2.45, 2.75) is 44.4 Å². The quantitative estimate of drug-likeness (QED) is 0.926. The number of aryl methyl sites for hydroxylation is 1. The summed E-state index contributed by atoms with van der Waals surface area (Å²) in [7, 11) is 0. The van der Waals surface area contributed by atoms with E-state index in [1.54, 1.807) is 12.3 Å². The molecule has 0 atom stereocenters. The average molecular weight is 317 g/mol. The van der Waals surface area contributed by atoms with Gasteiger partial charge in [0.25, 0.3) is 0 Å². The van der Waals surface area contributed by atoms with Gasteiger partial charge in [0.1, 0.15) is 5.82 Å². The van der Waals surface area contributed by atoms with Crippen LogP contribution in [0.3, 0.4) is 0 Å². The molecule has 2 fully saturated rings. The summed E-state index contributed by atoms with van der Waals surface area (Å²) in [5, 5.41) is 3.71. The highest BCUT2D eigenvalue weighted by Crippen LogP contribution is 2.35. The zero-order valence-corrected chi connectivity index (χ0v) is 13.3. The molecule has 2 aliphatic rings. The number of ether oxygens (including phenoxy) is 2. The van der Waals surface area contributed by atoms with Crippen molar-refractivity contribution in [1.82, 2.24) is 4.98 Å². The summed E-state index contributed by atoms with van der Waals surface area (Å²) >= 11 is 0. The maximum absolute atomic E-state index is 14.1. The van der Waals surface area contributed by atoms with E-state index >= 15 is 0 Å². The van der Waals surface area contributed by atoms with E-state index in [2.05, 4.69) is 10.3 Å². The molecule has 4 rings (SSSR count). The van der Waals surface area contributed by atoms with Gasteiger partial charge < -0.3 is 9.47 Å². The summed E-state index contributed by atoms with van der Waals surface area (Å²) in [5.74, 6) is 0.346. The Kier molecular flexibility index (Phi) is 3.79. The maximum Gasteiger partial charge on any atom is 0.225 e. The molecule has 1 saturated carbocycles. The Morgan fingerprint density at radius 1 is 1.17 bits per heavy atom. The maximum atomic E-state index is 14.1. The molecule has 1 aliphatic carbocycles. The molecule has 1 aromatic carbocycles. The molecule has 2 heterocycles. The normalized spacial score (nSPS) is 21.3. The Bertz CT molecular complexity index is 718. The second-order valence-corrected chi connectivity index (χ2v) is 6.63. The molecule has 0 bridgehead atoms. The van der Waals surface area contributed by atoms with Crippen LogP contribution >= 0.6 is 0 Å². The standard InChI is InChI=1S/C18H21FN2O2/c1-12-2-3-16(19)14-10-17(20-11-15(12)14)21-13-4-6-18(7-5-13)22-8-9-23-18/h2-3,10-11,13H,4-9H2,1H3,(H,20,21)/p+1. The molecule has 122 valence electrons. The summed E-state index contributed by atoms with van der Waals surface area (Å²) in [5.41, 5.74) is 1.05. The molecule has 5 heteroatoms. The molecule has 1 spiro atoms. The van der Waals surface area contributed by atoms with E-state index in [1.165, 1.54) is 6.07 Å². The van der Waals surface area contributed by atoms with E-state index in [1.807, 2.05) is 13.0 Å². The highest BCUT2D eigenvalue weighted by molar-refractivity contribution is 5.86. The van der Waals surface area contributed by atoms with E-state index in [4.69, 9.17) is 9.47 Å². The molecule has 0 amide bonds. The van der Waals surface area contributed by atoms with Gasteiger partial charge in [0.2, 0.25) is 5.82 Å². The summed E-state index contributed by atoms with van der Waals surface area (Å²) in [6.45, 7) is 3.40. The van der Waals surface area contributed by atoms with Crippen molar-refractivity contribution >= 4 is 16.6 Å². The number of pyridine rings is 1. The minimum atomic E-state index is -0.329. The van der Waals surface area contributed by atoms with E-state index in [9.17, 15) is 4.39 Å². The fourth-order valence-electron chi connectivity index (χ4n) is 3.73. The van der Waals surface area contributed by atoms with Gasteiger partial charge in [0.15, 0.2) is 5.79 Å². The van der Waals surface area contributed by atoms with E-state index < -0.39 is 0 Å². The fraction of sp³-hybridized carbons (Fsp3) is 0.500. The molecule has 0 unspecified atom stereocenters. The first-order valence-electron chi connectivity index (χ1n) is 8.33. The smallest absolute Gasteiger partial charge is 0.225 e. The molecule has 1 aromatic heterocycles. The lowest BCUT2D eigenvalue weighted by Gasteiger charge is -2.33. The zero-order chi connectivity index (χ0) is 15.9. The summed E-state index contributed by atoms with van der Waals surface area (Å²) < 4.78 is 25.6. The van der Waals surface area contributed by atoms with Crippen molar-refractivity contribution in [2.24, 2.45) is 0 Å². The summed E-state index contributed by atoms with van der Waals surface area (Å²) in [6, 6.07) is 5.64. The first-order valence-corrected chi connectivity index (χ1v) is 8.33. The minimum absolute atomic E-state index is 0.182. The minimum Gasteiger partial charge on any atom is -0.348 e. The van der Waals surface area contributed by atoms with Crippen molar-refractivity contribution in [2.75, 3.05) is 13.2 Å². The van der Waals surface area contributed by atoms with Gasteiger partial charge in [0.05, 0.1) is 19.3 Å². The number of rotatable bonds is 2. The fourth-order valence-corrected chi connectivity index (χ4v) is 3.73. The van der Waals surface area contributed by atoms with Crippen LogP contribution in [-0.4, -0.2) is 30.0 Å². The Labute approximate surface area is 135 Å². The van der Waals surface area contributed by atoms with Gasteiger partial charge in [-0.25, -0.2) is 9.37 Å². The number of hydrogen-bond acceptors (Lipinski definition) is 3. The average Bonchev–Trinajstić information content (AvgIpc) is 3.02. The molecule has 23 heavy (non-hydrogen) atoms. The highest BCUT2D eigenvalue weighted by atomic mass is 19.1. The van der Waals surface area contributed by atoms with Gasteiger partial charge in [0, 0.05) is 48.7 Å². The number of quaternary nitrogens is 1. The lowest BCUT2D eigenvalue weighted by molar-refractivity contribution is -0.619. The van der Waals surface area contributed by atoms with Crippen molar-refractivity contribution < 1.29 is 19.2 Å². The highest BCUT2D eigenvalue weighted by Gasteiger charge is 2.41. The predicted octanol–water partition coefficient (Wildman–Crippen LogP) is 2.56. The largest absolute Gasteiger partial charge is 0.348 e. The molecule has 2 N–H and O–H groups in total. The molecule has 4 nitrogen and oxygen atoms in total. The van der Waals surface area contributed by atoms with Crippen LogP contribution in [0.25, 0.3) is 10.8 Å². The molecule has 1 aliphatic heterocycles. The van der Waals surface area contributed by atoms with E-state index in [0.717, 1.165) is 42.5 Å². The number of fused-ring (bicyclic) bond motifs is 1. The number of nitrogens with two attached hydrogens (primary N) is 1. The van der Waals surface area contributed by atoms with Crippen molar-refractivity contribution in [1.29, 1.82) is 0 Å². The molecule has 2 aromatic rings. The number of nitrogens with zero attached hydrogens (tertiary/aromatic N) is 1. The predicted molar refractivity (Wildman–Crippen MR) is 84.9 cm³/mol. The van der Waals surface area contributed by atoms with Gasteiger partial charge in [-0.3, -0.25) is 5.32 Å². The van der Waals surface area contributed by atoms with Crippen LogP contribution in [0.4, 0.5) is 10.2 Å². The lowest BCUT2D eigenvalue weighted by atomic mass is 9.90. The zero-order valence-electron chi connectivity index (χ0n) is 13.3. The van der Waals surface area contributed by atoms with Gasteiger partial charge in [-0.05, 0) is 18.6 Å². The van der Waals surface area contributed by atoms with E-state index in [0.29, 0.717) is 24.6 Å². The van der Waals surface area contributed by atoms with Gasteiger partial charge in [-0.2, -0.15) is 0 Å². The van der Waals surface area contributed by atoms with Crippen LogP contribution in [0.15, 0.2) is 24.4 Å². The lowest BCUT2D eigenvalue weighted by Crippen LogP contribution is -2.85. The first-order chi connectivity index (χ1) is 11.2. The molecule has 1 saturated heterocycles. The Morgan fingerprint density at radius 2 is 1.91 bits per heavy atom. The van der Waals surface area contributed by atoms with Crippen molar-refractivity contribution in [3.8, 4) is 0 Å². The Balaban J connectivity index is 1.49. The monoisotopic (exact) mass is 317 g/mol. The van der Waals surface area contributed by atoms with Gasteiger partial charge in [-0.1, -0.05) is 6.07 Å². The third kappa shape index (κ3) is 2.84. The Morgan fingerprint density at radius 3 is 2.65 bits per heavy atom. The Hall–Kier alpha value is -1.56. The van der Waals surface area contributed by atoms with Crippen molar-refractivity contribution in [3.05, 3.63) is 35.8 Å². The van der Waals surface area contributed by atoms with Crippen LogP contribution in [0.1, 0.15) is 31.2 Å². The second-order valence-electron chi connectivity index (χ2n) is 6.63. The second kappa shape index (κ2) is 5.82. The summed E-state index contributed by atoms with van der Waals surface area (Å²) in [6.07, 6.45) is 5.68. The number of halogens is 1. The van der Waals surface area contributed by atoms with Crippen LogP contribution in [0, 0.1) is 12.7 Å². The molecule has 0 radical (unpaired) electrons. The molecular formula is C18H22FN2O2+. The van der Waals surface area contributed by atoms with Crippen LogP contribution < -0.4 is 5.32 Å².